The average molecular weight is 238 g/mol. The molecule has 0 spiro atoms. The number of benzene rings is 1. The van der Waals surface area contributed by atoms with E-state index in [1.807, 2.05) is 19.1 Å². The number of nitrogen functional groups attached to an aromatic ring is 1. The van der Waals surface area contributed by atoms with E-state index >= 15 is 0 Å². The number of anilines is 1. The summed E-state index contributed by atoms with van der Waals surface area (Å²) in [5.41, 5.74) is 7.51. The second-order valence-corrected chi connectivity index (χ2v) is 3.80. The molecule has 1 heterocycles. The predicted octanol–water partition coefficient (Wildman–Crippen LogP) is 2.28. The molecular weight excluding hydrogens is 230 g/mol. The molecule has 2 N–H and O–H groups in total. The van der Waals surface area contributed by atoms with Crippen molar-refractivity contribution in [1.29, 1.82) is 0 Å². The van der Waals surface area contributed by atoms with Crippen molar-refractivity contribution in [3.8, 4) is 0 Å². The Labute approximate surface area is 84.1 Å². The summed E-state index contributed by atoms with van der Waals surface area (Å²) in [7, 11) is 0. The van der Waals surface area contributed by atoms with Crippen molar-refractivity contribution in [2.24, 2.45) is 0 Å². The van der Waals surface area contributed by atoms with E-state index in [1.54, 1.807) is 6.20 Å². The molecule has 4 heteroatoms. The van der Waals surface area contributed by atoms with Gasteiger partial charge in [-0.2, -0.15) is 0 Å². The van der Waals surface area contributed by atoms with Crippen molar-refractivity contribution in [1.82, 2.24) is 9.97 Å². The van der Waals surface area contributed by atoms with E-state index in [9.17, 15) is 0 Å². The third-order valence-corrected chi connectivity index (χ3v) is 2.31. The molecule has 1 aromatic heterocycles. The Kier molecular flexibility index (Phi) is 1.92. The number of rotatable bonds is 0. The number of hydrogen-bond acceptors (Lipinski definition) is 3. The van der Waals surface area contributed by atoms with Crippen LogP contribution in [0.4, 0.5) is 5.95 Å². The Morgan fingerprint density at radius 1 is 1.38 bits per heavy atom. The summed E-state index contributed by atoms with van der Waals surface area (Å²) in [6.45, 7) is 2.00. The van der Waals surface area contributed by atoms with Crippen LogP contribution in [0.5, 0.6) is 0 Å². The first-order chi connectivity index (χ1) is 6.16. The van der Waals surface area contributed by atoms with Crippen LogP contribution in [0.2, 0.25) is 0 Å². The molecule has 0 bridgehead atoms. The Morgan fingerprint density at radius 3 is 2.92 bits per heavy atom. The first-order valence-corrected chi connectivity index (χ1v) is 4.64. The first-order valence-electron chi connectivity index (χ1n) is 3.85. The molecule has 0 atom stereocenters. The molecule has 2 rings (SSSR count). The van der Waals surface area contributed by atoms with Gasteiger partial charge in [0.25, 0.3) is 0 Å². The molecule has 0 saturated heterocycles. The molecule has 0 aliphatic carbocycles. The highest BCUT2D eigenvalue weighted by Crippen LogP contribution is 2.21. The minimum absolute atomic E-state index is 0.318. The fraction of sp³-hybridized carbons (Fsp3) is 0.111. The van der Waals surface area contributed by atoms with Crippen molar-refractivity contribution in [3.63, 3.8) is 0 Å². The van der Waals surface area contributed by atoms with E-state index in [2.05, 4.69) is 25.9 Å². The second-order valence-electron chi connectivity index (χ2n) is 2.89. The number of hydrogen-bond donors (Lipinski definition) is 1. The van der Waals surface area contributed by atoms with Crippen molar-refractivity contribution in [3.05, 3.63) is 28.4 Å². The number of nitrogens with zero attached hydrogens (tertiary/aromatic N) is 2. The van der Waals surface area contributed by atoms with Crippen molar-refractivity contribution < 1.29 is 0 Å². The normalized spacial score (nSPS) is 10.6. The molecule has 0 unspecified atom stereocenters. The Bertz CT molecular complexity index is 468. The molecule has 1 aromatic carbocycles. The summed E-state index contributed by atoms with van der Waals surface area (Å²) in [4.78, 5) is 8.10. The lowest BCUT2D eigenvalue weighted by Gasteiger charge is -2.02. The predicted molar refractivity (Wildman–Crippen MR) is 56.4 cm³/mol. The maximum absolute atomic E-state index is 5.50. The van der Waals surface area contributed by atoms with Gasteiger partial charge in [-0.05, 0) is 24.6 Å². The molecule has 0 radical (unpaired) electrons. The molecule has 13 heavy (non-hydrogen) atoms. The van der Waals surface area contributed by atoms with Gasteiger partial charge in [0.05, 0.1) is 5.52 Å². The van der Waals surface area contributed by atoms with Crippen LogP contribution in [0.25, 0.3) is 10.9 Å². The largest absolute Gasteiger partial charge is 0.368 e. The molecule has 66 valence electrons. The van der Waals surface area contributed by atoms with Gasteiger partial charge in [0.1, 0.15) is 0 Å². The van der Waals surface area contributed by atoms with E-state index in [-0.39, 0.29) is 0 Å². The van der Waals surface area contributed by atoms with Gasteiger partial charge in [-0.1, -0.05) is 15.9 Å². The molecule has 0 amide bonds. The zero-order valence-corrected chi connectivity index (χ0v) is 8.67. The zero-order chi connectivity index (χ0) is 9.42. The third kappa shape index (κ3) is 1.49. The van der Waals surface area contributed by atoms with Gasteiger partial charge < -0.3 is 5.73 Å². The van der Waals surface area contributed by atoms with Gasteiger partial charge in [0.15, 0.2) is 0 Å². The van der Waals surface area contributed by atoms with E-state index in [0.717, 1.165) is 20.9 Å². The summed E-state index contributed by atoms with van der Waals surface area (Å²) in [5.74, 6) is 0.318. The van der Waals surface area contributed by atoms with Gasteiger partial charge in [-0.3, -0.25) is 0 Å². The van der Waals surface area contributed by atoms with Gasteiger partial charge in [-0.25, -0.2) is 9.97 Å². The second kappa shape index (κ2) is 2.96. The molecule has 0 fully saturated rings. The summed E-state index contributed by atoms with van der Waals surface area (Å²) in [6, 6.07) is 3.98. The van der Waals surface area contributed by atoms with Gasteiger partial charge >= 0.3 is 0 Å². The Hall–Kier alpha value is -1.16. The van der Waals surface area contributed by atoms with Crippen LogP contribution in [0.3, 0.4) is 0 Å². The lowest BCUT2D eigenvalue weighted by Crippen LogP contribution is -1.95. The standard InChI is InChI=1S/C9H8BrN3/c1-5-2-7(10)3-6-4-12-9(11)13-8(5)6/h2-4H,1H3,(H2,11,12,13). The van der Waals surface area contributed by atoms with Crippen LogP contribution in [-0.4, -0.2) is 9.97 Å². The summed E-state index contributed by atoms with van der Waals surface area (Å²) < 4.78 is 1.03. The fourth-order valence-electron chi connectivity index (χ4n) is 1.29. The summed E-state index contributed by atoms with van der Waals surface area (Å²) >= 11 is 3.41. The van der Waals surface area contributed by atoms with E-state index in [1.165, 1.54) is 0 Å². The van der Waals surface area contributed by atoms with Crippen LogP contribution in [0.1, 0.15) is 5.56 Å². The van der Waals surface area contributed by atoms with Crippen LogP contribution in [-0.2, 0) is 0 Å². The van der Waals surface area contributed by atoms with Crippen molar-refractivity contribution in [2.75, 3.05) is 5.73 Å². The molecule has 3 nitrogen and oxygen atoms in total. The van der Waals surface area contributed by atoms with E-state index in [4.69, 9.17) is 5.73 Å². The lowest BCUT2D eigenvalue weighted by atomic mass is 10.1. The van der Waals surface area contributed by atoms with Crippen LogP contribution >= 0.6 is 15.9 Å². The highest BCUT2D eigenvalue weighted by Gasteiger charge is 2.01. The SMILES string of the molecule is Cc1cc(Br)cc2cnc(N)nc12. The average Bonchev–Trinajstić information content (AvgIpc) is 2.06. The number of nitrogens with two attached hydrogens (primary N) is 1. The maximum atomic E-state index is 5.50. The van der Waals surface area contributed by atoms with Gasteiger partial charge in [0, 0.05) is 16.1 Å². The monoisotopic (exact) mass is 237 g/mol. The maximum Gasteiger partial charge on any atom is 0.220 e. The smallest absolute Gasteiger partial charge is 0.220 e. The summed E-state index contributed by atoms with van der Waals surface area (Å²) in [6.07, 6.45) is 1.73. The van der Waals surface area contributed by atoms with Crippen LogP contribution < -0.4 is 5.73 Å². The molecule has 0 aliphatic heterocycles. The highest BCUT2D eigenvalue weighted by molar-refractivity contribution is 9.10. The minimum Gasteiger partial charge on any atom is -0.368 e. The van der Waals surface area contributed by atoms with Gasteiger partial charge in [-0.15, -0.1) is 0 Å². The zero-order valence-electron chi connectivity index (χ0n) is 7.08. The lowest BCUT2D eigenvalue weighted by molar-refractivity contribution is 1.23. The fourth-order valence-corrected chi connectivity index (χ4v) is 1.88. The summed E-state index contributed by atoms with van der Waals surface area (Å²) in [5, 5.41) is 1.00. The number of fused-ring (bicyclic) bond motifs is 1. The molecule has 2 aromatic rings. The quantitative estimate of drug-likeness (QED) is 0.765. The van der Waals surface area contributed by atoms with E-state index < -0.39 is 0 Å². The van der Waals surface area contributed by atoms with Gasteiger partial charge in [0.2, 0.25) is 5.95 Å². The Morgan fingerprint density at radius 2 is 2.15 bits per heavy atom. The van der Waals surface area contributed by atoms with Crippen LogP contribution in [0.15, 0.2) is 22.8 Å². The molecular formula is C9H8BrN3. The Balaban J connectivity index is 2.87. The van der Waals surface area contributed by atoms with Crippen molar-refractivity contribution >= 4 is 32.8 Å². The highest BCUT2D eigenvalue weighted by atomic mass is 79.9. The number of aryl methyl sites for hydroxylation is 1. The minimum atomic E-state index is 0.318. The number of halogens is 1. The van der Waals surface area contributed by atoms with Crippen molar-refractivity contribution in [2.45, 2.75) is 6.92 Å². The van der Waals surface area contributed by atoms with Crippen LogP contribution in [0, 0.1) is 6.92 Å². The topological polar surface area (TPSA) is 51.8 Å². The molecule has 0 saturated carbocycles. The van der Waals surface area contributed by atoms with E-state index in [0.29, 0.717) is 5.95 Å². The third-order valence-electron chi connectivity index (χ3n) is 1.86. The number of aromatic nitrogens is 2. The first kappa shape index (κ1) is 8.44. The molecule has 0 aliphatic rings.